The average Bonchev–Trinajstić information content (AvgIpc) is 2.63. The van der Waals surface area contributed by atoms with Gasteiger partial charge in [0.05, 0.1) is 13.2 Å². The minimum atomic E-state index is -0.0843. The number of Topliss-reactive ketones (excluding diaryl/α,β-unsaturated/α-hetero) is 1. The van der Waals surface area contributed by atoms with Crippen molar-refractivity contribution in [2.75, 3.05) is 13.2 Å². The summed E-state index contributed by atoms with van der Waals surface area (Å²) in [5.41, 5.74) is 0.0527. The third-order valence-corrected chi connectivity index (χ3v) is 4.04. The van der Waals surface area contributed by atoms with E-state index in [2.05, 4.69) is 6.92 Å². The maximum Gasteiger partial charge on any atom is 0.164 e. The van der Waals surface area contributed by atoms with Gasteiger partial charge in [0, 0.05) is 24.2 Å². The minimum Gasteiger partial charge on any atom is -0.352 e. The van der Waals surface area contributed by atoms with Crippen LogP contribution < -0.4 is 0 Å². The molecule has 0 radical (unpaired) electrons. The van der Waals surface area contributed by atoms with E-state index in [1.807, 2.05) is 0 Å². The summed E-state index contributed by atoms with van der Waals surface area (Å²) in [5.74, 6) is 1.31. The number of carbonyl (C=O) groups excluding carboxylic acids is 1. The van der Waals surface area contributed by atoms with Crippen molar-refractivity contribution >= 4 is 5.78 Å². The topological polar surface area (TPSA) is 35.5 Å². The van der Waals surface area contributed by atoms with Gasteiger partial charge in [-0.1, -0.05) is 6.92 Å². The highest BCUT2D eigenvalue weighted by Gasteiger charge is 2.63. The molecule has 13 heavy (non-hydrogen) atoms. The van der Waals surface area contributed by atoms with Crippen LogP contribution in [0, 0.1) is 17.3 Å². The fourth-order valence-corrected chi connectivity index (χ4v) is 3.27. The summed E-state index contributed by atoms with van der Waals surface area (Å²) in [6, 6.07) is 0. The van der Waals surface area contributed by atoms with Crippen molar-refractivity contribution in [2.24, 2.45) is 17.3 Å². The molecule has 4 atom stereocenters. The number of carbonyl (C=O) groups is 1. The fraction of sp³-hybridized carbons (Fsp3) is 0.900. The molecule has 0 aromatic rings. The van der Waals surface area contributed by atoms with Gasteiger partial charge in [-0.25, -0.2) is 0 Å². The van der Waals surface area contributed by atoms with Crippen LogP contribution in [0.2, 0.25) is 0 Å². The molecule has 3 heteroatoms. The van der Waals surface area contributed by atoms with Gasteiger partial charge in [-0.2, -0.15) is 0 Å². The highest BCUT2D eigenvalue weighted by molar-refractivity contribution is 5.82. The van der Waals surface area contributed by atoms with Gasteiger partial charge in [0.2, 0.25) is 0 Å². The smallest absolute Gasteiger partial charge is 0.164 e. The lowest BCUT2D eigenvalue weighted by Crippen LogP contribution is -2.33. The standard InChI is InChI=1S/C10H14O3/c1-6-4-12-9-10(6)3-8(11)2-7(10)5-13-9/h6-7,9H,2-5H2,1H3/t6-,7-,9-,10?/m1/s1. The second-order valence-corrected chi connectivity index (χ2v) is 4.63. The zero-order valence-electron chi connectivity index (χ0n) is 7.79. The molecule has 2 saturated heterocycles. The third-order valence-electron chi connectivity index (χ3n) is 4.04. The first-order valence-corrected chi connectivity index (χ1v) is 4.98. The van der Waals surface area contributed by atoms with Crippen molar-refractivity contribution < 1.29 is 14.3 Å². The molecular formula is C10H14O3. The Hall–Kier alpha value is -0.410. The van der Waals surface area contributed by atoms with E-state index in [-0.39, 0.29) is 11.7 Å². The highest BCUT2D eigenvalue weighted by atomic mass is 16.7. The second-order valence-electron chi connectivity index (χ2n) is 4.63. The van der Waals surface area contributed by atoms with E-state index < -0.39 is 0 Å². The van der Waals surface area contributed by atoms with E-state index in [1.54, 1.807) is 0 Å². The van der Waals surface area contributed by atoms with Crippen LogP contribution >= 0.6 is 0 Å². The number of hydrogen-bond acceptors (Lipinski definition) is 3. The molecule has 3 fully saturated rings. The predicted octanol–water partition coefficient (Wildman–Crippen LogP) is 0.975. The maximum atomic E-state index is 11.4. The first-order valence-electron chi connectivity index (χ1n) is 4.98. The van der Waals surface area contributed by atoms with Crippen molar-refractivity contribution in [2.45, 2.75) is 26.1 Å². The van der Waals surface area contributed by atoms with Crippen LogP contribution in [-0.4, -0.2) is 25.3 Å². The van der Waals surface area contributed by atoms with Crippen LogP contribution in [0.5, 0.6) is 0 Å². The summed E-state index contributed by atoms with van der Waals surface area (Å²) in [5, 5.41) is 0. The Bertz CT molecular complexity index is 261. The number of rotatable bonds is 0. The van der Waals surface area contributed by atoms with Crippen molar-refractivity contribution in [3.63, 3.8) is 0 Å². The molecule has 1 spiro atoms. The highest BCUT2D eigenvalue weighted by Crippen LogP contribution is 2.58. The van der Waals surface area contributed by atoms with Crippen molar-refractivity contribution in [3.8, 4) is 0 Å². The lowest BCUT2D eigenvalue weighted by Gasteiger charge is -2.28. The molecule has 72 valence electrons. The molecular weight excluding hydrogens is 168 g/mol. The number of hydrogen-bond donors (Lipinski definition) is 0. The quantitative estimate of drug-likeness (QED) is 0.560. The van der Waals surface area contributed by atoms with Gasteiger partial charge in [0.1, 0.15) is 5.78 Å². The summed E-state index contributed by atoms with van der Waals surface area (Å²) in [6.07, 6.45) is 1.31. The summed E-state index contributed by atoms with van der Waals surface area (Å²) >= 11 is 0. The molecule has 2 aliphatic heterocycles. The van der Waals surface area contributed by atoms with Crippen molar-refractivity contribution in [1.29, 1.82) is 0 Å². The summed E-state index contributed by atoms with van der Waals surface area (Å²) in [4.78, 5) is 11.4. The summed E-state index contributed by atoms with van der Waals surface area (Å²) < 4.78 is 11.1. The molecule has 0 N–H and O–H groups in total. The van der Waals surface area contributed by atoms with Gasteiger partial charge >= 0.3 is 0 Å². The van der Waals surface area contributed by atoms with E-state index in [9.17, 15) is 4.79 Å². The zero-order chi connectivity index (χ0) is 9.05. The van der Waals surface area contributed by atoms with Crippen LogP contribution in [0.4, 0.5) is 0 Å². The van der Waals surface area contributed by atoms with Crippen LogP contribution in [0.15, 0.2) is 0 Å². The van der Waals surface area contributed by atoms with Crippen molar-refractivity contribution in [3.05, 3.63) is 0 Å². The average molecular weight is 182 g/mol. The van der Waals surface area contributed by atoms with E-state index in [4.69, 9.17) is 9.47 Å². The molecule has 3 rings (SSSR count). The Morgan fingerprint density at radius 2 is 2.15 bits per heavy atom. The normalized spacial score (nSPS) is 53.9. The van der Waals surface area contributed by atoms with Crippen LogP contribution in [0.3, 0.4) is 0 Å². The van der Waals surface area contributed by atoms with Crippen LogP contribution in [-0.2, 0) is 14.3 Å². The third kappa shape index (κ3) is 0.796. The van der Waals surface area contributed by atoms with E-state index >= 15 is 0 Å². The molecule has 1 aliphatic carbocycles. The van der Waals surface area contributed by atoms with Gasteiger partial charge in [-0.3, -0.25) is 4.79 Å². The maximum absolute atomic E-state index is 11.4. The fourth-order valence-electron chi connectivity index (χ4n) is 3.27. The Kier molecular flexibility index (Phi) is 1.43. The lowest BCUT2D eigenvalue weighted by atomic mass is 9.72. The molecule has 0 aromatic carbocycles. The van der Waals surface area contributed by atoms with Crippen molar-refractivity contribution in [1.82, 2.24) is 0 Å². The first-order chi connectivity index (χ1) is 6.23. The zero-order valence-corrected chi connectivity index (χ0v) is 7.79. The molecule has 1 unspecified atom stereocenters. The van der Waals surface area contributed by atoms with E-state index in [0.29, 0.717) is 30.5 Å². The molecule has 0 amide bonds. The molecule has 0 aromatic heterocycles. The monoisotopic (exact) mass is 182 g/mol. The summed E-state index contributed by atoms with van der Waals surface area (Å²) in [6.45, 7) is 3.66. The molecule has 3 aliphatic rings. The van der Waals surface area contributed by atoms with E-state index in [1.165, 1.54) is 0 Å². The van der Waals surface area contributed by atoms with Crippen LogP contribution in [0.1, 0.15) is 19.8 Å². The number of ether oxygens (including phenoxy) is 2. The Morgan fingerprint density at radius 3 is 3.00 bits per heavy atom. The van der Waals surface area contributed by atoms with Gasteiger partial charge < -0.3 is 9.47 Å². The largest absolute Gasteiger partial charge is 0.352 e. The lowest BCUT2D eigenvalue weighted by molar-refractivity contribution is -0.128. The Labute approximate surface area is 77.4 Å². The molecule has 3 nitrogen and oxygen atoms in total. The Balaban J connectivity index is 2.02. The van der Waals surface area contributed by atoms with Gasteiger partial charge in [0.25, 0.3) is 0 Å². The number of ketones is 1. The van der Waals surface area contributed by atoms with E-state index in [0.717, 1.165) is 13.2 Å². The molecule has 2 heterocycles. The summed E-state index contributed by atoms with van der Waals surface area (Å²) in [7, 11) is 0. The first kappa shape index (κ1) is 7.94. The Morgan fingerprint density at radius 1 is 1.38 bits per heavy atom. The van der Waals surface area contributed by atoms with Gasteiger partial charge in [0.15, 0.2) is 6.29 Å². The second kappa shape index (κ2) is 2.34. The molecule has 0 bridgehead atoms. The minimum absolute atomic E-state index is 0.0527. The SMILES string of the molecule is C[C@@H]1CO[C@@H]2OC[C@H]3CC(=O)CC321. The van der Waals surface area contributed by atoms with Gasteiger partial charge in [-0.05, 0) is 5.92 Å². The van der Waals surface area contributed by atoms with Gasteiger partial charge in [-0.15, -0.1) is 0 Å². The van der Waals surface area contributed by atoms with Crippen LogP contribution in [0.25, 0.3) is 0 Å². The molecule has 1 saturated carbocycles. The predicted molar refractivity (Wildman–Crippen MR) is 45.0 cm³/mol.